The molecule has 0 bridgehead atoms. The summed E-state index contributed by atoms with van der Waals surface area (Å²) in [7, 11) is 0. The number of benzene rings is 2. The van der Waals surface area contributed by atoms with Gasteiger partial charge in [0.05, 0.1) is 37.9 Å². The summed E-state index contributed by atoms with van der Waals surface area (Å²) in [6.45, 7) is 7.12. The van der Waals surface area contributed by atoms with E-state index in [-0.39, 0.29) is 65.8 Å². The molecule has 8 rings (SSSR count). The van der Waals surface area contributed by atoms with Crippen molar-refractivity contribution >= 4 is 54.6 Å². The van der Waals surface area contributed by atoms with Gasteiger partial charge in [0, 0.05) is 30.6 Å². The number of anilines is 2. The molecule has 234 valence electrons. The first kappa shape index (κ1) is 28.9. The Morgan fingerprint density at radius 3 is 2.98 bits per heavy atom. The Labute approximate surface area is 267 Å². The van der Waals surface area contributed by atoms with Crippen LogP contribution in [0.3, 0.4) is 0 Å². The van der Waals surface area contributed by atoms with Crippen molar-refractivity contribution in [3.8, 4) is 29.1 Å². The van der Waals surface area contributed by atoms with E-state index in [0.29, 0.717) is 43.3 Å². The minimum atomic E-state index is -0.723. The lowest BCUT2D eigenvalue weighted by Gasteiger charge is -2.31. The Morgan fingerprint density at radius 1 is 1.27 bits per heavy atom. The molecule has 6 heterocycles. The van der Waals surface area contributed by atoms with E-state index in [1.165, 1.54) is 12.1 Å². The van der Waals surface area contributed by atoms with Crippen molar-refractivity contribution < 1.29 is 18.3 Å². The number of ether oxygens (including phenoxy) is 2. The van der Waals surface area contributed by atoms with Gasteiger partial charge in [0.15, 0.2) is 5.82 Å². The van der Waals surface area contributed by atoms with Gasteiger partial charge >= 0.3 is 6.01 Å². The molecule has 45 heavy (non-hydrogen) atoms. The molecule has 0 amide bonds. The molecule has 2 aromatic carbocycles. The van der Waals surface area contributed by atoms with Gasteiger partial charge in [-0.05, 0) is 56.3 Å². The van der Waals surface area contributed by atoms with Gasteiger partial charge in [-0.25, -0.2) is 8.78 Å². The number of nitrogen functional groups attached to an aromatic ring is 1. The van der Waals surface area contributed by atoms with Gasteiger partial charge < -0.3 is 25.4 Å². The first-order valence-corrected chi connectivity index (χ1v) is 16.6. The van der Waals surface area contributed by atoms with Crippen molar-refractivity contribution in [1.82, 2.24) is 20.2 Å². The number of nitrogens with two attached hydrogens (primary N) is 1. The fourth-order valence-electron chi connectivity index (χ4n) is 8.02. The fourth-order valence-corrected chi connectivity index (χ4v) is 9.35. The second-order valence-corrected chi connectivity index (χ2v) is 14.1. The zero-order chi connectivity index (χ0) is 31.0. The maximum absolute atomic E-state index is 17.1. The van der Waals surface area contributed by atoms with Gasteiger partial charge in [-0.1, -0.05) is 24.6 Å². The molecule has 0 radical (unpaired) electrons. The molecular weight excluding hydrogens is 620 g/mol. The predicted molar refractivity (Wildman–Crippen MR) is 171 cm³/mol. The standard InChI is InChI=1S/C32H32ClF2N7O2S/c1-16-11-32(6-2-9-41(32)13-16)15-44-31-39-26-23-27(42-10-8-38-7-5-17(42)14-43-30(23)40-31)24(33)22(25(26)35)18-3-4-20(34)28-21(18)19(12-36)29(37)45-28/h3-4,16-17,38H,2,5-11,13-15,37H2,1H3/t16-,17?,32+/m1/s1. The third-order valence-corrected chi connectivity index (χ3v) is 11.3. The summed E-state index contributed by atoms with van der Waals surface area (Å²) >= 11 is 8.18. The molecule has 2 aromatic heterocycles. The van der Waals surface area contributed by atoms with Gasteiger partial charge in [0.25, 0.3) is 0 Å². The zero-order valence-corrected chi connectivity index (χ0v) is 26.3. The van der Waals surface area contributed by atoms with Crippen LogP contribution in [0.4, 0.5) is 19.5 Å². The molecule has 3 saturated heterocycles. The Balaban J connectivity index is 1.35. The second-order valence-electron chi connectivity index (χ2n) is 12.7. The molecule has 4 aliphatic rings. The number of nitrogens with zero attached hydrogens (tertiary/aromatic N) is 5. The fraction of sp³-hybridized carbons (Fsp3) is 0.469. The molecular formula is C32H32ClF2N7O2S. The van der Waals surface area contributed by atoms with Crippen LogP contribution in [-0.2, 0) is 0 Å². The molecule has 0 spiro atoms. The number of thiophene rings is 1. The average Bonchev–Trinajstić information content (AvgIpc) is 3.55. The lowest BCUT2D eigenvalue weighted by Crippen LogP contribution is -2.43. The van der Waals surface area contributed by atoms with Crippen LogP contribution in [0.25, 0.3) is 32.1 Å². The largest absolute Gasteiger partial charge is 0.475 e. The van der Waals surface area contributed by atoms with Crippen molar-refractivity contribution in [2.45, 2.75) is 44.2 Å². The third kappa shape index (κ3) is 4.42. The molecule has 0 aliphatic carbocycles. The zero-order valence-electron chi connectivity index (χ0n) is 24.8. The van der Waals surface area contributed by atoms with E-state index in [0.717, 1.165) is 56.7 Å². The molecule has 3 N–H and O–H groups in total. The van der Waals surface area contributed by atoms with E-state index in [1.54, 1.807) is 0 Å². The van der Waals surface area contributed by atoms with Crippen LogP contribution in [0.2, 0.25) is 5.02 Å². The number of nitrogens with one attached hydrogen (secondary N) is 1. The van der Waals surface area contributed by atoms with E-state index in [2.05, 4.69) is 33.1 Å². The normalized spacial score (nSPS) is 24.6. The van der Waals surface area contributed by atoms with Gasteiger partial charge in [0.1, 0.15) is 35.6 Å². The van der Waals surface area contributed by atoms with Crippen molar-refractivity contribution in [2.24, 2.45) is 5.92 Å². The van der Waals surface area contributed by atoms with E-state index >= 15 is 8.78 Å². The van der Waals surface area contributed by atoms with Gasteiger partial charge in [-0.15, -0.1) is 11.3 Å². The van der Waals surface area contributed by atoms with Crippen LogP contribution in [-0.4, -0.2) is 72.4 Å². The first-order valence-electron chi connectivity index (χ1n) is 15.4. The summed E-state index contributed by atoms with van der Waals surface area (Å²) in [5, 5.41) is 14.3. The number of aromatic nitrogens is 2. The molecule has 3 fully saturated rings. The maximum atomic E-state index is 17.1. The van der Waals surface area contributed by atoms with Crippen LogP contribution in [0, 0.1) is 28.9 Å². The van der Waals surface area contributed by atoms with E-state index < -0.39 is 11.6 Å². The topological polar surface area (TPSA) is 113 Å². The van der Waals surface area contributed by atoms with Crippen molar-refractivity contribution in [3.63, 3.8) is 0 Å². The van der Waals surface area contributed by atoms with Gasteiger partial charge in [-0.3, -0.25) is 4.90 Å². The summed E-state index contributed by atoms with van der Waals surface area (Å²) in [5.41, 5.74) is 7.00. The minimum absolute atomic E-state index is 0.00186. The third-order valence-electron chi connectivity index (χ3n) is 9.94. The maximum Gasteiger partial charge on any atom is 0.320 e. The number of nitriles is 1. The highest BCUT2D eigenvalue weighted by Gasteiger charge is 2.48. The molecule has 0 saturated carbocycles. The predicted octanol–water partition coefficient (Wildman–Crippen LogP) is 5.71. The highest BCUT2D eigenvalue weighted by atomic mass is 35.5. The average molecular weight is 652 g/mol. The van der Waals surface area contributed by atoms with E-state index in [1.807, 2.05) is 0 Å². The van der Waals surface area contributed by atoms with E-state index in [9.17, 15) is 5.26 Å². The first-order chi connectivity index (χ1) is 21.8. The Morgan fingerprint density at radius 2 is 2.13 bits per heavy atom. The molecule has 3 atom stereocenters. The molecule has 4 aromatic rings. The lowest BCUT2D eigenvalue weighted by atomic mass is 9.92. The second kappa shape index (κ2) is 10.8. The van der Waals surface area contributed by atoms with E-state index in [4.69, 9.17) is 31.8 Å². The number of rotatable bonds is 4. The summed E-state index contributed by atoms with van der Waals surface area (Å²) in [4.78, 5) is 14.0. The van der Waals surface area contributed by atoms with Crippen LogP contribution in [0.15, 0.2) is 12.1 Å². The summed E-state index contributed by atoms with van der Waals surface area (Å²) in [6, 6.07) is 4.76. The summed E-state index contributed by atoms with van der Waals surface area (Å²) in [5.74, 6) is -0.479. The van der Waals surface area contributed by atoms with Crippen LogP contribution < -0.4 is 25.4 Å². The van der Waals surface area contributed by atoms with Crippen molar-refractivity contribution in [1.29, 1.82) is 5.26 Å². The molecule has 13 heteroatoms. The highest BCUT2D eigenvalue weighted by Crippen LogP contribution is 2.51. The molecule has 9 nitrogen and oxygen atoms in total. The number of hydrogen-bond donors (Lipinski definition) is 2. The summed E-state index contributed by atoms with van der Waals surface area (Å²) < 4.78 is 44.9. The number of hydrogen-bond acceptors (Lipinski definition) is 10. The Hall–Kier alpha value is -3.50. The quantitative estimate of drug-likeness (QED) is 0.287. The van der Waals surface area contributed by atoms with Crippen molar-refractivity contribution in [3.05, 3.63) is 34.4 Å². The van der Waals surface area contributed by atoms with Gasteiger partial charge in [-0.2, -0.15) is 15.2 Å². The van der Waals surface area contributed by atoms with Gasteiger partial charge in [0.2, 0.25) is 5.88 Å². The molecule has 1 unspecified atom stereocenters. The van der Waals surface area contributed by atoms with Crippen LogP contribution in [0.1, 0.15) is 38.2 Å². The Bertz CT molecular complexity index is 1910. The number of halogens is 3. The summed E-state index contributed by atoms with van der Waals surface area (Å²) in [6.07, 6.45) is 3.94. The monoisotopic (exact) mass is 651 g/mol. The molecule has 4 aliphatic heterocycles. The highest BCUT2D eigenvalue weighted by molar-refractivity contribution is 7.23. The SMILES string of the molecule is C[C@H]1CN2CCC[C@@]2(COc2nc3c4c(c(Cl)c(-c5ccc(F)c6sc(N)c(C#N)c56)c(F)c4n2)N2CCNCCC2CO3)C1. The Kier molecular flexibility index (Phi) is 6.94. The smallest absolute Gasteiger partial charge is 0.320 e. The van der Waals surface area contributed by atoms with Crippen molar-refractivity contribution in [2.75, 3.05) is 56.6 Å². The minimum Gasteiger partial charge on any atom is -0.475 e. The van der Waals surface area contributed by atoms with Crippen LogP contribution in [0.5, 0.6) is 11.9 Å². The lowest BCUT2D eigenvalue weighted by molar-refractivity contribution is 0.107. The van der Waals surface area contributed by atoms with Crippen LogP contribution >= 0.6 is 22.9 Å². The number of fused-ring (bicyclic) bond motifs is 4.